The number of ether oxygens (including phenoxy) is 1. The van der Waals surface area contributed by atoms with Gasteiger partial charge < -0.3 is 10.1 Å². The number of hydrogen-bond donors (Lipinski definition) is 1. The topological polar surface area (TPSA) is 21.3 Å². The van der Waals surface area contributed by atoms with Gasteiger partial charge in [-0.3, -0.25) is 0 Å². The summed E-state index contributed by atoms with van der Waals surface area (Å²) in [5.74, 6) is 1.68. The van der Waals surface area contributed by atoms with Crippen molar-refractivity contribution in [3.05, 3.63) is 29.3 Å². The zero-order valence-corrected chi connectivity index (χ0v) is 11.7. The summed E-state index contributed by atoms with van der Waals surface area (Å²) in [5, 5.41) is 3.46. The quantitative estimate of drug-likeness (QED) is 0.814. The lowest BCUT2D eigenvalue weighted by atomic mass is 10.1. The third kappa shape index (κ3) is 5.22. The lowest BCUT2D eigenvalue weighted by Gasteiger charge is -2.16. The first-order valence-corrected chi connectivity index (χ1v) is 6.46. The van der Waals surface area contributed by atoms with E-state index in [0.29, 0.717) is 5.92 Å². The molecule has 17 heavy (non-hydrogen) atoms. The van der Waals surface area contributed by atoms with Crippen molar-refractivity contribution in [1.29, 1.82) is 0 Å². The fraction of sp³-hybridized carbons (Fsp3) is 0.600. The Bertz CT molecular complexity index is 345. The molecule has 0 heterocycles. The van der Waals surface area contributed by atoms with Crippen LogP contribution in [-0.2, 0) is 6.54 Å². The van der Waals surface area contributed by atoms with Crippen molar-refractivity contribution in [3.63, 3.8) is 0 Å². The highest BCUT2D eigenvalue weighted by molar-refractivity contribution is 5.37. The van der Waals surface area contributed by atoms with Crippen LogP contribution in [0.5, 0.6) is 5.75 Å². The third-order valence-corrected chi connectivity index (χ3v) is 2.45. The molecule has 0 saturated heterocycles. The van der Waals surface area contributed by atoms with Gasteiger partial charge in [0, 0.05) is 12.1 Å². The van der Waals surface area contributed by atoms with Gasteiger partial charge in [-0.1, -0.05) is 31.5 Å². The van der Waals surface area contributed by atoms with Gasteiger partial charge in [0.05, 0.1) is 6.10 Å². The van der Waals surface area contributed by atoms with Crippen molar-refractivity contribution in [2.75, 3.05) is 6.54 Å². The van der Waals surface area contributed by atoms with Crippen LogP contribution in [-0.4, -0.2) is 12.6 Å². The Morgan fingerprint density at radius 3 is 2.47 bits per heavy atom. The van der Waals surface area contributed by atoms with Crippen LogP contribution in [0.3, 0.4) is 0 Å². The first kappa shape index (κ1) is 14.0. The molecule has 0 spiro atoms. The van der Waals surface area contributed by atoms with Crippen LogP contribution >= 0.6 is 0 Å². The third-order valence-electron chi connectivity index (χ3n) is 2.45. The lowest BCUT2D eigenvalue weighted by Crippen LogP contribution is -2.20. The highest BCUT2D eigenvalue weighted by atomic mass is 16.5. The van der Waals surface area contributed by atoms with Crippen molar-refractivity contribution in [3.8, 4) is 5.75 Å². The van der Waals surface area contributed by atoms with Gasteiger partial charge >= 0.3 is 0 Å². The number of rotatable bonds is 6. The van der Waals surface area contributed by atoms with Crippen molar-refractivity contribution in [2.24, 2.45) is 5.92 Å². The van der Waals surface area contributed by atoms with E-state index in [-0.39, 0.29) is 6.10 Å². The van der Waals surface area contributed by atoms with Crippen molar-refractivity contribution < 1.29 is 4.74 Å². The number of hydrogen-bond acceptors (Lipinski definition) is 2. The van der Waals surface area contributed by atoms with E-state index in [0.717, 1.165) is 18.8 Å². The van der Waals surface area contributed by atoms with Crippen LogP contribution in [0.1, 0.15) is 38.8 Å². The van der Waals surface area contributed by atoms with Crippen LogP contribution in [0.2, 0.25) is 0 Å². The van der Waals surface area contributed by atoms with Gasteiger partial charge in [-0.15, -0.1) is 0 Å². The average molecular weight is 235 g/mol. The molecule has 2 heteroatoms. The number of benzene rings is 1. The van der Waals surface area contributed by atoms with E-state index in [1.807, 2.05) is 0 Å². The van der Waals surface area contributed by atoms with Gasteiger partial charge in [-0.05, 0) is 39.3 Å². The number of aryl methyl sites for hydroxylation is 1. The highest BCUT2D eigenvalue weighted by Crippen LogP contribution is 2.21. The molecule has 0 fully saturated rings. The Balaban J connectivity index is 2.69. The van der Waals surface area contributed by atoms with E-state index in [9.17, 15) is 0 Å². The maximum absolute atomic E-state index is 5.82. The number of nitrogens with one attached hydrogen (secondary N) is 1. The second kappa shape index (κ2) is 6.65. The van der Waals surface area contributed by atoms with Gasteiger partial charge in [0.25, 0.3) is 0 Å². The second-order valence-corrected chi connectivity index (χ2v) is 5.30. The predicted octanol–water partition coefficient (Wildman–Crippen LogP) is 3.53. The summed E-state index contributed by atoms with van der Waals surface area (Å²) >= 11 is 0. The maximum atomic E-state index is 5.82. The summed E-state index contributed by atoms with van der Waals surface area (Å²) in [4.78, 5) is 0. The van der Waals surface area contributed by atoms with Crippen LogP contribution in [0, 0.1) is 12.8 Å². The van der Waals surface area contributed by atoms with Gasteiger partial charge in [0.2, 0.25) is 0 Å². The molecule has 0 radical (unpaired) electrons. The summed E-state index contributed by atoms with van der Waals surface area (Å²) in [7, 11) is 0. The molecule has 0 aliphatic carbocycles. The van der Waals surface area contributed by atoms with Gasteiger partial charge in [0.1, 0.15) is 5.75 Å². The molecule has 0 aliphatic heterocycles. The molecular formula is C15H25NO. The van der Waals surface area contributed by atoms with Crippen LogP contribution in [0.15, 0.2) is 18.2 Å². The molecule has 96 valence electrons. The molecule has 0 aromatic heterocycles. The molecule has 1 rings (SSSR count). The lowest BCUT2D eigenvalue weighted by molar-refractivity contribution is 0.239. The summed E-state index contributed by atoms with van der Waals surface area (Å²) in [6.45, 7) is 12.6. The molecule has 0 bridgehead atoms. The first-order chi connectivity index (χ1) is 7.99. The minimum absolute atomic E-state index is 0.224. The molecule has 1 N–H and O–H groups in total. The monoisotopic (exact) mass is 235 g/mol. The van der Waals surface area contributed by atoms with E-state index in [1.54, 1.807) is 0 Å². The Morgan fingerprint density at radius 1 is 1.18 bits per heavy atom. The average Bonchev–Trinajstić information content (AvgIpc) is 2.21. The molecule has 2 nitrogen and oxygen atoms in total. The Morgan fingerprint density at radius 2 is 1.88 bits per heavy atom. The summed E-state index contributed by atoms with van der Waals surface area (Å²) in [6.07, 6.45) is 0.224. The summed E-state index contributed by atoms with van der Waals surface area (Å²) in [6, 6.07) is 6.37. The molecule has 1 aromatic carbocycles. The first-order valence-electron chi connectivity index (χ1n) is 6.46. The molecule has 0 atom stereocenters. The van der Waals surface area contributed by atoms with Crippen molar-refractivity contribution in [2.45, 2.75) is 47.3 Å². The summed E-state index contributed by atoms with van der Waals surface area (Å²) in [5.41, 5.74) is 2.53. The molecule has 0 amide bonds. The zero-order chi connectivity index (χ0) is 12.8. The van der Waals surface area contributed by atoms with E-state index >= 15 is 0 Å². The zero-order valence-electron chi connectivity index (χ0n) is 11.7. The van der Waals surface area contributed by atoms with Gasteiger partial charge in [-0.2, -0.15) is 0 Å². The second-order valence-electron chi connectivity index (χ2n) is 5.30. The normalized spacial score (nSPS) is 11.2. The maximum Gasteiger partial charge on any atom is 0.124 e. The summed E-state index contributed by atoms with van der Waals surface area (Å²) < 4.78 is 5.82. The van der Waals surface area contributed by atoms with Crippen molar-refractivity contribution >= 4 is 0 Å². The fourth-order valence-corrected chi connectivity index (χ4v) is 1.71. The highest BCUT2D eigenvalue weighted by Gasteiger charge is 2.06. The molecule has 0 unspecified atom stereocenters. The fourth-order valence-electron chi connectivity index (χ4n) is 1.71. The van der Waals surface area contributed by atoms with E-state index in [2.05, 4.69) is 58.1 Å². The van der Waals surface area contributed by atoms with Gasteiger partial charge in [-0.25, -0.2) is 0 Å². The standard InChI is InChI=1S/C15H25NO/c1-11(2)9-16-10-14-8-13(5)6-7-15(14)17-12(3)4/h6-8,11-12,16H,9-10H2,1-5H3. The minimum Gasteiger partial charge on any atom is -0.491 e. The van der Waals surface area contributed by atoms with E-state index in [1.165, 1.54) is 11.1 Å². The van der Waals surface area contributed by atoms with E-state index in [4.69, 9.17) is 4.74 Å². The SMILES string of the molecule is Cc1ccc(OC(C)C)c(CNCC(C)C)c1. The Labute approximate surface area is 105 Å². The molecule has 0 aliphatic rings. The predicted molar refractivity (Wildman–Crippen MR) is 73.5 cm³/mol. The van der Waals surface area contributed by atoms with E-state index < -0.39 is 0 Å². The van der Waals surface area contributed by atoms with Crippen LogP contribution < -0.4 is 10.1 Å². The molecule has 0 saturated carbocycles. The smallest absolute Gasteiger partial charge is 0.124 e. The van der Waals surface area contributed by atoms with Crippen molar-refractivity contribution in [1.82, 2.24) is 5.32 Å². The van der Waals surface area contributed by atoms with Crippen LogP contribution in [0.4, 0.5) is 0 Å². The van der Waals surface area contributed by atoms with Gasteiger partial charge in [0.15, 0.2) is 0 Å². The largest absolute Gasteiger partial charge is 0.491 e. The Kier molecular flexibility index (Phi) is 5.49. The Hall–Kier alpha value is -1.02. The molecule has 1 aromatic rings. The molecular weight excluding hydrogens is 210 g/mol. The minimum atomic E-state index is 0.224. The van der Waals surface area contributed by atoms with Crippen LogP contribution in [0.25, 0.3) is 0 Å².